The first-order valence-electron chi connectivity index (χ1n) is 5.28. The van der Waals surface area contributed by atoms with Crippen molar-refractivity contribution in [2.75, 3.05) is 26.3 Å². The van der Waals surface area contributed by atoms with Gasteiger partial charge in [0.2, 0.25) is 0 Å². The van der Waals surface area contributed by atoms with Crippen molar-refractivity contribution in [3.8, 4) is 0 Å². The van der Waals surface area contributed by atoms with E-state index in [-0.39, 0.29) is 12.0 Å². The predicted octanol–water partition coefficient (Wildman–Crippen LogP) is 0.785. The molecule has 1 saturated heterocycles. The molecule has 0 unspecified atom stereocenters. The SMILES string of the molecule is OCC1(COCc2ccccc2)CNC1. The minimum Gasteiger partial charge on any atom is -0.396 e. The summed E-state index contributed by atoms with van der Waals surface area (Å²) in [4.78, 5) is 0. The number of rotatable bonds is 5. The molecule has 0 bridgehead atoms. The Balaban J connectivity index is 1.75. The van der Waals surface area contributed by atoms with Crippen LogP contribution in [0.25, 0.3) is 0 Å². The van der Waals surface area contributed by atoms with Gasteiger partial charge in [0, 0.05) is 18.5 Å². The van der Waals surface area contributed by atoms with Crippen LogP contribution < -0.4 is 5.32 Å². The van der Waals surface area contributed by atoms with Gasteiger partial charge in [-0.05, 0) is 5.56 Å². The molecule has 0 aliphatic carbocycles. The van der Waals surface area contributed by atoms with Crippen LogP contribution in [0.5, 0.6) is 0 Å². The van der Waals surface area contributed by atoms with E-state index < -0.39 is 0 Å². The fourth-order valence-corrected chi connectivity index (χ4v) is 1.70. The van der Waals surface area contributed by atoms with Gasteiger partial charge in [-0.1, -0.05) is 30.3 Å². The van der Waals surface area contributed by atoms with Gasteiger partial charge in [0.15, 0.2) is 0 Å². The van der Waals surface area contributed by atoms with Gasteiger partial charge in [-0.2, -0.15) is 0 Å². The molecular weight excluding hydrogens is 190 g/mol. The van der Waals surface area contributed by atoms with E-state index in [4.69, 9.17) is 4.74 Å². The van der Waals surface area contributed by atoms with Crippen LogP contribution in [0, 0.1) is 5.41 Å². The molecule has 1 aliphatic rings. The maximum absolute atomic E-state index is 9.21. The Morgan fingerprint density at radius 3 is 2.53 bits per heavy atom. The van der Waals surface area contributed by atoms with Crippen LogP contribution in [0.4, 0.5) is 0 Å². The summed E-state index contributed by atoms with van der Waals surface area (Å²) in [5.41, 5.74) is 1.15. The van der Waals surface area contributed by atoms with Crippen LogP contribution in [-0.4, -0.2) is 31.4 Å². The lowest BCUT2D eigenvalue weighted by Crippen LogP contribution is -2.58. The van der Waals surface area contributed by atoms with Gasteiger partial charge in [-0.3, -0.25) is 0 Å². The van der Waals surface area contributed by atoms with E-state index in [1.54, 1.807) is 0 Å². The topological polar surface area (TPSA) is 41.5 Å². The fraction of sp³-hybridized carbons (Fsp3) is 0.500. The van der Waals surface area contributed by atoms with E-state index in [0.717, 1.165) is 13.1 Å². The monoisotopic (exact) mass is 207 g/mol. The maximum atomic E-state index is 9.21. The van der Waals surface area contributed by atoms with Crippen LogP contribution in [0.1, 0.15) is 5.56 Å². The van der Waals surface area contributed by atoms with E-state index in [0.29, 0.717) is 13.2 Å². The van der Waals surface area contributed by atoms with Crippen molar-refractivity contribution in [2.24, 2.45) is 5.41 Å². The van der Waals surface area contributed by atoms with E-state index in [2.05, 4.69) is 5.32 Å². The molecule has 3 heteroatoms. The molecule has 0 radical (unpaired) electrons. The lowest BCUT2D eigenvalue weighted by Gasteiger charge is -2.40. The van der Waals surface area contributed by atoms with Gasteiger partial charge in [-0.15, -0.1) is 0 Å². The first kappa shape index (κ1) is 10.6. The summed E-state index contributed by atoms with van der Waals surface area (Å²) in [6.07, 6.45) is 0. The molecule has 0 spiro atoms. The van der Waals surface area contributed by atoms with Gasteiger partial charge in [0.05, 0.1) is 19.8 Å². The molecule has 0 atom stereocenters. The van der Waals surface area contributed by atoms with Crippen molar-refractivity contribution in [3.05, 3.63) is 35.9 Å². The summed E-state index contributed by atoms with van der Waals surface area (Å²) < 4.78 is 5.62. The van der Waals surface area contributed by atoms with Crippen molar-refractivity contribution >= 4 is 0 Å². The molecule has 1 heterocycles. The first-order valence-corrected chi connectivity index (χ1v) is 5.28. The highest BCUT2D eigenvalue weighted by molar-refractivity contribution is 5.13. The zero-order chi connectivity index (χ0) is 10.6. The Morgan fingerprint density at radius 1 is 1.27 bits per heavy atom. The summed E-state index contributed by atoms with van der Waals surface area (Å²) in [6, 6.07) is 10.1. The number of hydrogen-bond acceptors (Lipinski definition) is 3. The average molecular weight is 207 g/mol. The second kappa shape index (κ2) is 4.75. The number of benzene rings is 1. The van der Waals surface area contributed by atoms with E-state index in [1.807, 2.05) is 30.3 Å². The molecule has 1 aliphatic heterocycles. The normalized spacial score (nSPS) is 18.5. The molecule has 0 saturated carbocycles. The summed E-state index contributed by atoms with van der Waals surface area (Å²) in [5, 5.41) is 12.4. The minimum absolute atomic E-state index is 0.0330. The second-order valence-corrected chi connectivity index (χ2v) is 4.24. The number of aliphatic hydroxyl groups excluding tert-OH is 1. The number of hydrogen-bond donors (Lipinski definition) is 2. The van der Waals surface area contributed by atoms with Gasteiger partial charge in [0.1, 0.15) is 0 Å². The Labute approximate surface area is 90.1 Å². The molecule has 0 aromatic heterocycles. The summed E-state index contributed by atoms with van der Waals surface area (Å²) in [6.45, 7) is 3.18. The molecule has 1 fully saturated rings. The zero-order valence-corrected chi connectivity index (χ0v) is 8.78. The van der Waals surface area contributed by atoms with E-state index in [9.17, 15) is 5.11 Å². The quantitative estimate of drug-likeness (QED) is 0.750. The zero-order valence-electron chi connectivity index (χ0n) is 8.78. The molecule has 82 valence electrons. The van der Waals surface area contributed by atoms with Crippen molar-refractivity contribution in [3.63, 3.8) is 0 Å². The van der Waals surface area contributed by atoms with Gasteiger partial charge in [-0.25, -0.2) is 0 Å². The van der Waals surface area contributed by atoms with Crippen LogP contribution in [0.3, 0.4) is 0 Å². The fourth-order valence-electron chi connectivity index (χ4n) is 1.70. The molecule has 1 aromatic carbocycles. The molecular formula is C12H17NO2. The van der Waals surface area contributed by atoms with E-state index >= 15 is 0 Å². The van der Waals surface area contributed by atoms with Gasteiger partial charge >= 0.3 is 0 Å². The van der Waals surface area contributed by atoms with Gasteiger partial charge < -0.3 is 15.2 Å². The minimum atomic E-state index is -0.0330. The van der Waals surface area contributed by atoms with E-state index in [1.165, 1.54) is 5.56 Å². The molecule has 0 amide bonds. The van der Waals surface area contributed by atoms with Crippen LogP contribution in [0.2, 0.25) is 0 Å². The maximum Gasteiger partial charge on any atom is 0.0717 e. The molecule has 3 nitrogen and oxygen atoms in total. The van der Waals surface area contributed by atoms with Crippen LogP contribution in [-0.2, 0) is 11.3 Å². The highest BCUT2D eigenvalue weighted by Gasteiger charge is 2.36. The second-order valence-electron chi connectivity index (χ2n) is 4.24. The number of nitrogens with one attached hydrogen (secondary N) is 1. The Kier molecular flexibility index (Phi) is 3.36. The van der Waals surface area contributed by atoms with Crippen LogP contribution >= 0.6 is 0 Å². The third-order valence-electron chi connectivity index (χ3n) is 2.86. The summed E-state index contributed by atoms with van der Waals surface area (Å²) in [5.74, 6) is 0. The summed E-state index contributed by atoms with van der Waals surface area (Å²) >= 11 is 0. The lowest BCUT2D eigenvalue weighted by atomic mass is 9.84. The first-order chi connectivity index (χ1) is 7.35. The summed E-state index contributed by atoms with van der Waals surface area (Å²) in [7, 11) is 0. The largest absolute Gasteiger partial charge is 0.396 e. The van der Waals surface area contributed by atoms with Crippen molar-refractivity contribution in [2.45, 2.75) is 6.61 Å². The Hall–Kier alpha value is -0.900. The van der Waals surface area contributed by atoms with Crippen molar-refractivity contribution in [1.29, 1.82) is 0 Å². The standard InChI is InChI=1S/C12H17NO2/c14-9-12(7-13-8-12)10-15-6-11-4-2-1-3-5-11/h1-5,13-14H,6-10H2. The Bertz CT molecular complexity index is 290. The third kappa shape index (κ3) is 2.56. The predicted molar refractivity (Wildman–Crippen MR) is 58.5 cm³/mol. The van der Waals surface area contributed by atoms with Crippen molar-refractivity contribution in [1.82, 2.24) is 5.32 Å². The van der Waals surface area contributed by atoms with Crippen molar-refractivity contribution < 1.29 is 9.84 Å². The van der Waals surface area contributed by atoms with Crippen LogP contribution in [0.15, 0.2) is 30.3 Å². The number of ether oxygens (including phenoxy) is 1. The molecule has 1 aromatic rings. The molecule has 15 heavy (non-hydrogen) atoms. The smallest absolute Gasteiger partial charge is 0.0717 e. The van der Waals surface area contributed by atoms with Gasteiger partial charge in [0.25, 0.3) is 0 Å². The highest BCUT2D eigenvalue weighted by atomic mass is 16.5. The Morgan fingerprint density at radius 2 is 2.00 bits per heavy atom. The lowest BCUT2D eigenvalue weighted by molar-refractivity contribution is -0.0315. The number of aliphatic hydroxyl groups is 1. The molecule has 2 N–H and O–H groups in total. The third-order valence-corrected chi connectivity index (χ3v) is 2.86. The molecule has 2 rings (SSSR count). The average Bonchev–Trinajstić information content (AvgIpc) is 2.24. The highest BCUT2D eigenvalue weighted by Crippen LogP contribution is 2.22.